The maximum atomic E-state index is 6.14. The third kappa shape index (κ3) is 5.81. The summed E-state index contributed by atoms with van der Waals surface area (Å²) >= 11 is 0. The van der Waals surface area contributed by atoms with E-state index in [2.05, 4.69) is 135 Å². The van der Waals surface area contributed by atoms with Gasteiger partial charge in [-0.15, -0.1) is 9.03 Å². The molecular formula is C33H43N9+2. The van der Waals surface area contributed by atoms with E-state index in [1.165, 1.54) is 33.2 Å². The first-order chi connectivity index (χ1) is 20.4. The molecule has 0 fully saturated rings. The van der Waals surface area contributed by atoms with Crippen LogP contribution in [0.1, 0.15) is 30.5 Å². The molecule has 6 aromatic heterocycles. The van der Waals surface area contributed by atoms with Gasteiger partial charge in [0.2, 0.25) is 25.7 Å². The molecule has 0 bridgehead atoms. The highest BCUT2D eigenvalue weighted by atomic mass is 15.4. The first-order valence-electron chi connectivity index (χ1n) is 14.9. The lowest BCUT2D eigenvalue weighted by Gasteiger charge is -2.20. The van der Waals surface area contributed by atoms with Crippen molar-refractivity contribution in [2.24, 2.45) is 5.73 Å². The molecule has 218 valence electrons. The summed E-state index contributed by atoms with van der Waals surface area (Å²) in [6, 6.07) is 19.6. The highest BCUT2D eigenvalue weighted by Crippen LogP contribution is 2.16. The van der Waals surface area contributed by atoms with Crippen molar-refractivity contribution in [3.05, 3.63) is 108 Å². The summed E-state index contributed by atoms with van der Waals surface area (Å²) in [5, 5.41) is 4.52. The van der Waals surface area contributed by atoms with Gasteiger partial charge in [-0.3, -0.25) is 0 Å². The maximum absolute atomic E-state index is 6.14. The van der Waals surface area contributed by atoms with Crippen LogP contribution in [0.3, 0.4) is 0 Å². The Labute approximate surface area is 247 Å². The molecule has 2 atom stereocenters. The minimum absolute atomic E-state index is 0.130. The van der Waals surface area contributed by atoms with Crippen molar-refractivity contribution in [2.45, 2.75) is 58.5 Å². The van der Waals surface area contributed by atoms with Crippen molar-refractivity contribution in [1.29, 1.82) is 0 Å². The molecule has 2 unspecified atom stereocenters. The summed E-state index contributed by atoms with van der Waals surface area (Å²) in [6.45, 7) is 6.92. The Bertz CT molecular complexity index is 1790. The SMILES string of the molecule is CC(N)Cc1c[n+](CN(C)CCc2c[n+](CN(C)C(C)Cc3cnn4ccccc34)n3ccccc23)n2ccccc12. The van der Waals surface area contributed by atoms with Crippen molar-refractivity contribution < 1.29 is 9.36 Å². The molecule has 0 radical (unpaired) electrons. The number of nitrogens with two attached hydrogens (primary N) is 1. The summed E-state index contributed by atoms with van der Waals surface area (Å²) in [5.74, 6) is 0. The van der Waals surface area contributed by atoms with E-state index in [0.717, 1.165) is 39.1 Å². The Kier molecular flexibility index (Phi) is 8.06. The molecule has 6 aromatic rings. The molecule has 42 heavy (non-hydrogen) atoms. The lowest BCUT2D eigenvalue weighted by molar-refractivity contribution is -0.777. The zero-order chi connectivity index (χ0) is 29.2. The number of hydrogen-bond acceptors (Lipinski definition) is 4. The van der Waals surface area contributed by atoms with Crippen LogP contribution >= 0.6 is 0 Å². The summed E-state index contributed by atoms with van der Waals surface area (Å²) in [5.41, 5.74) is 13.7. The molecule has 0 aromatic carbocycles. The fourth-order valence-corrected chi connectivity index (χ4v) is 5.97. The molecule has 0 saturated heterocycles. The first kappa shape index (κ1) is 28.1. The Hall–Kier alpha value is -4.05. The third-order valence-corrected chi connectivity index (χ3v) is 8.33. The lowest BCUT2D eigenvalue weighted by atomic mass is 10.1. The molecule has 9 heteroatoms. The van der Waals surface area contributed by atoms with Crippen LogP contribution in [-0.2, 0) is 32.6 Å². The van der Waals surface area contributed by atoms with Crippen molar-refractivity contribution in [1.82, 2.24) is 28.4 Å². The molecule has 6 rings (SSSR count). The van der Waals surface area contributed by atoms with E-state index >= 15 is 0 Å². The van der Waals surface area contributed by atoms with Crippen molar-refractivity contribution in [2.75, 3.05) is 20.6 Å². The normalized spacial score (nSPS) is 13.7. The number of fused-ring (bicyclic) bond motifs is 3. The number of pyridine rings is 3. The second-order valence-electron chi connectivity index (χ2n) is 11.9. The van der Waals surface area contributed by atoms with Gasteiger partial charge in [-0.2, -0.15) is 5.10 Å². The van der Waals surface area contributed by atoms with E-state index < -0.39 is 0 Å². The van der Waals surface area contributed by atoms with Gasteiger partial charge in [-0.1, -0.05) is 27.6 Å². The molecule has 0 spiro atoms. The minimum atomic E-state index is 0.130. The Morgan fingerprint density at radius 1 is 0.762 bits per heavy atom. The fraction of sp³-hybridized carbons (Fsp3) is 0.364. The highest BCUT2D eigenvalue weighted by molar-refractivity contribution is 5.54. The summed E-state index contributed by atoms with van der Waals surface area (Å²) < 4.78 is 11.1. The molecular weight excluding hydrogens is 522 g/mol. The Morgan fingerprint density at radius 3 is 2.10 bits per heavy atom. The Balaban J connectivity index is 1.14. The number of aromatic nitrogens is 6. The zero-order valence-corrected chi connectivity index (χ0v) is 25.2. The molecule has 0 aliphatic heterocycles. The number of rotatable bonds is 12. The minimum Gasteiger partial charge on any atom is -0.328 e. The van der Waals surface area contributed by atoms with E-state index in [9.17, 15) is 0 Å². The third-order valence-electron chi connectivity index (χ3n) is 8.33. The van der Waals surface area contributed by atoms with Crippen molar-refractivity contribution >= 4 is 16.6 Å². The number of hydrogen-bond donors (Lipinski definition) is 1. The second kappa shape index (κ2) is 12.1. The van der Waals surface area contributed by atoms with Crippen LogP contribution in [0.5, 0.6) is 0 Å². The highest BCUT2D eigenvalue weighted by Gasteiger charge is 2.22. The van der Waals surface area contributed by atoms with E-state index in [4.69, 9.17) is 5.73 Å². The van der Waals surface area contributed by atoms with Gasteiger partial charge in [-0.05, 0) is 89.2 Å². The predicted molar refractivity (Wildman–Crippen MR) is 165 cm³/mol. The molecule has 0 aliphatic carbocycles. The Morgan fingerprint density at radius 2 is 1.38 bits per heavy atom. The van der Waals surface area contributed by atoms with Gasteiger partial charge in [0, 0.05) is 36.0 Å². The van der Waals surface area contributed by atoms with Crippen molar-refractivity contribution in [3.63, 3.8) is 0 Å². The summed E-state index contributed by atoms with van der Waals surface area (Å²) in [7, 11) is 4.40. The van der Waals surface area contributed by atoms with Gasteiger partial charge in [0.1, 0.15) is 11.0 Å². The van der Waals surface area contributed by atoms with Gasteiger partial charge in [0.05, 0.1) is 24.1 Å². The molecule has 9 nitrogen and oxygen atoms in total. The molecule has 2 N–H and O–H groups in total. The first-order valence-corrected chi connectivity index (χ1v) is 14.9. The fourth-order valence-electron chi connectivity index (χ4n) is 5.97. The number of likely N-dealkylation sites (N-methyl/N-ethyl adjacent to an activating group) is 2. The molecule has 6 heterocycles. The quantitative estimate of drug-likeness (QED) is 0.232. The van der Waals surface area contributed by atoms with Crippen molar-refractivity contribution in [3.8, 4) is 0 Å². The van der Waals surface area contributed by atoms with E-state index in [-0.39, 0.29) is 6.04 Å². The second-order valence-corrected chi connectivity index (χ2v) is 11.9. The monoisotopic (exact) mass is 565 g/mol. The topological polar surface area (TPSA) is 66.4 Å². The predicted octanol–water partition coefficient (Wildman–Crippen LogP) is 2.96. The summed E-state index contributed by atoms with van der Waals surface area (Å²) in [4.78, 5) is 4.80. The molecule has 0 aliphatic rings. The molecule has 0 saturated carbocycles. The van der Waals surface area contributed by atoms with Crippen LogP contribution < -0.4 is 15.1 Å². The lowest BCUT2D eigenvalue weighted by Crippen LogP contribution is -2.49. The average molecular weight is 566 g/mol. The van der Waals surface area contributed by atoms with Crippen LogP contribution in [0.25, 0.3) is 16.6 Å². The maximum Gasteiger partial charge on any atom is 0.228 e. The van der Waals surface area contributed by atoms with Crippen LogP contribution in [0, 0.1) is 0 Å². The van der Waals surface area contributed by atoms with Crippen LogP contribution in [-0.4, -0.2) is 61.2 Å². The summed E-state index contributed by atoms with van der Waals surface area (Å²) in [6.07, 6.45) is 15.7. The standard InChI is InChI=1S/C33H43N9/c1-26(34)19-30-23-38(42-17-10-7-13-33(30)42)24-36(3)18-14-28-22-39(41-16-9-6-12-32(28)41)25-37(4)27(2)20-29-21-35-40-15-8-5-11-31(29)40/h5-13,15-17,21-23,26-27H,14,18-20,24-25,34H2,1-4H3/q+2. The van der Waals surface area contributed by atoms with Crippen LogP contribution in [0.4, 0.5) is 0 Å². The van der Waals surface area contributed by atoms with Gasteiger partial charge in [-0.25, -0.2) is 14.3 Å². The smallest absolute Gasteiger partial charge is 0.228 e. The largest absolute Gasteiger partial charge is 0.328 e. The van der Waals surface area contributed by atoms with E-state index in [1.54, 1.807) is 0 Å². The van der Waals surface area contributed by atoms with Crippen LogP contribution in [0.15, 0.2) is 91.8 Å². The van der Waals surface area contributed by atoms with E-state index in [1.807, 2.05) is 23.0 Å². The van der Waals surface area contributed by atoms with Gasteiger partial charge in [0.15, 0.2) is 0 Å². The zero-order valence-electron chi connectivity index (χ0n) is 25.2. The van der Waals surface area contributed by atoms with E-state index in [0.29, 0.717) is 6.04 Å². The van der Waals surface area contributed by atoms with Gasteiger partial charge >= 0.3 is 0 Å². The number of nitrogens with zero attached hydrogens (tertiary/aromatic N) is 8. The molecule has 0 amide bonds. The van der Waals surface area contributed by atoms with Gasteiger partial charge in [0.25, 0.3) is 0 Å². The average Bonchev–Trinajstić information content (AvgIpc) is 3.66. The van der Waals surface area contributed by atoms with Gasteiger partial charge < -0.3 is 5.73 Å². The van der Waals surface area contributed by atoms with Crippen LogP contribution in [0.2, 0.25) is 0 Å².